The largest absolute Gasteiger partial charge is 0.489 e. The molecule has 1 aromatic heterocycles. The predicted molar refractivity (Wildman–Crippen MR) is 89.6 cm³/mol. The Hall–Kier alpha value is -2.81. The zero-order valence-electron chi connectivity index (χ0n) is 12.5. The van der Waals surface area contributed by atoms with E-state index in [0.29, 0.717) is 12.3 Å². The molecule has 3 rings (SSSR count). The molecule has 0 bridgehead atoms. The van der Waals surface area contributed by atoms with E-state index in [1.165, 1.54) is 0 Å². The van der Waals surface area contributed by atoms with Crippen LogP contribution in [0.1, 0.15) is 11.3 Å². The summed E-state index contributed by atoms with van der Waals surface area (Å²) in [5.74, 6) is 0.849. The molecule has 0 aliphatic carbocycles. The van der Waals surface area contributed by atoms with Crippen LogP contribution in [0, 0.1) is 6.92 Å². The number of ether oxygens (including phenoxy) is 1. The van der Waals surface area contributed by atoms with E-state index in [1.807, 2.05) is 55.5 Å². The van der Waals surface area contributed by atoms with Gasteiger partial charge in [-0.05, 0) is 36.2 Å². The molecule has 0 atom stereocenters. The molecule has 0 spiro atoms. The van der Waals surface area contributed by atoms with E-state index < -0.39 is 0 Å². The van der Waals surface area contributed by atoms with Crippen LogP contribution in [0.3, 0.4) is 0 Å². The van der Waals surface area contributed by atoms with Crippen molar-refractivity contribution in [1.82, 2.24) is 4.98 Å². The maximum Gasteiger partial charge on any atom is 0.119 e. The summed E-state index contributed by atoms with van der Waals surface area (Å²) in [4.78, 5) is 4.30. The summed E-state index contributed by atoms with van der Waals surface area (Å²) in [6, 6.07) is 20.1. The third kappa shape index (κ3) is 3.26. The average Bonchev–Trinajstić information content (AvgIpc) is 2.57. The molecule has 1 heterocycles. The van der Waals surface area contributed by atoms with Gasteiger partial charge in [0.2, 0.25) is 0 Å². The highest BCUT2D eigenvalue weighted by molar-refractivity contribution is 5.69. The van der Waals surface area contributed by atoms with E-state index in [2.05, 4.69) is 17.1 Å². The monoisotopic (exact) mass is 290 g/mol. The fraction of sp³-hybridized carbons (Fsp3) is 0.105. The average molecular weight is 290 g/mol. The first-order valence-corrected chi connectivity index (χ1v) is 7.21. The van der Waals surface area contributed by atoms with Crippen LogP contribution in [0.4, 0.5) is 5.69 Å². The molecular weight excluding hydrogens is 272 g/mol. The van der Waals surface area contributed by atoms with Crippen molar-refractivity contribution in [2.75, 3.05) is 5.73 Å². The van der Waals surface area contributed by atoms with Gasteiger partial charge in [-0.1, -0.05) is 42.5 Å². The third-order valence-electron chi connectivity index (χ3n) is 3.52. The smallest absolute Gasteiger partial charge is 0.119 e. The Labute approximate surface area is 130 Å². The number of aromatic nitrogens is 1. The highest BCUT2D eigenvalue weighted by Gasteiger charge is 2.04. The lowest BCUT2D eigenvalue weighted by molar-refractivity contribution is 0.306. The summed E-state index contributed by atoms with van der Waals surface area (Å²) in [7, 11) is 0. The molecule has 2 N–H and O–H groups in total. The number of nitrogen functional groups attached to an aromatic ring is 1. The Morgan fingerprint density at radius 3 is 2.45 bits per heavy atom. The molecular formula is C19H18N2O. The van der Waals surface area contributed by atoms with Gasteiger partial charge in [0.05, 0.1) is 11.9 Å². The normalized spacial score (nSPS) is 10.4. The predicted octanol–water partition coefficient (Wildman–Crippen LogP) is 4.22. The number of pyridine rings is 1. The van der Waals surface area contributed by atoms with Crippen molar-refractivity contribution >= 4 is 5.69 Å². The number of benzene rings is 2. The second kappa shape index (κ2) is 6.31. The molecule has 0 fully saturated rings. The lowest BCUT2D eigenvalue weighted by Gasteiger charge is -2.09. The number of hydrogen-bond donors (Lipinski definition) is 1. The molecule has 110 valence electrons. The van der Waals surface area contributed by atoms with Crippen molar-refractivity contribution in [3.8, 4) is 16.9 Å². The van der Waals surface area contributed by atoms with Gasteiger partial charge in [0.1, 0.15) is 12.4 Å². The second-order valence-corrected chi connectivity index (χ2v) is 5.20. The minimum Gasteiger partial charge on any atom is -0.489 e. The minimum absolute atomic E-state index is 0.569. The molecule has 0 amide bonds. The highest BCUT2D eigenvalue weighted by Crippen LogP contribution is 2.26. The molecule has 0 unspecified atom stereocenters. The van der Waals surface area contributed by atoms with Crippen LogP contribution >= 0.6 is 0 Å². The van der Waals surface area contributed by atoms with Crippen LogP contribution in [-0.4, -0.2) is 4.98 Å². The van der Waals surface area contributed by atoms with Crippen molar-refractivity contribution in [2.45, 2.75) is 13.5 Å². The molecule has 0 saturated heterocycles. The van der Waals surface area contributed by atoms with Crippen molar-refractivity contribution in [2.24, 2.45) is 0 Å². The van der Waals surface area contributed by atoms with Gasteiger partial charge in [0.15, 0.2) is 0 Å². The van der Waals surface area contributed by atoms with E-state index >= 15 is 0 Å². The SMILES string of the molecule is Cc1ncc(N)cc1-c1ccc(OCc2ccccc2)cc1. The zero-order valence-corrected chi connectivity index (χ0v) is 12.5. The van der Waals surface area contributed by atoms with Gasteiger partial charge in [0.25, 0.3) is 0 Å². The van der Waals surface area contributed by atoms with Crippen LogP contribution < -0.4 is 10.5 Å². The summed E-state index contributed by atoms with van der Waals surface area (Å²) >= 11 is 0. The van der Waals surface area contributed by atoms with Gasteiger partial charge in [-0.3, -0.25) is 4.98 Å². The van der Waals surface area contributed by atoms with Crippen LogP contribution in [0.2, 0.25) is 0 Å². The lowest BCUT2D eigenvalue weighted by atomic mass is 10.0. The number of nitrogens with zero attached hydrogens (tertiary/aromatic N) is 1. The first-order chi connectivity index (χ1) is 10.7. The Kier molecular flexibility index (Phi) is 4.05. The van der Waals surface area contributed by atoms with Crippen LogP contribution in [0.15, 0.2) is 66.9 Å². The third-order valence-corrected chi connectivity index (χ3v) is 3.52. The van der Waals surface area contributed by atoms with Crippen molar-refractivity contribution in [1.29, 1.82) is 0 Å². The molecule has 3 heteroatoms. The van der Waals surface area contributed by atoms with Crippen LogP contribution in [0.5, 0.6) is 5.75 Å². The Morgan fingerprint density at radius 1 is 1.00 bits per heavy atom. The van der Waals surface area contributed by atoms with Gasteiger partial charge >= 0.3 is 0 Å². The maximum atomic E-state index is 5.82. The molecule has 0 saturated carbocycles. The lowest BCUT2D eigenvalue weighted by Crippen LogP contribution is -1.95. The fourth-order valence-electron chi connectivity index (χ4n) is 2.31. The van der Waals surface area contributed by atoms with Gasteiger partial charge in [-0.2, -0.15) is 0 Å². The molecule has 0 aliphatic heterocycles. The molecule has 0 aliphatic rings. The van der Waals surface area contributed by atoms with Gasteiger partial charge in [-0.25, -0.2) is 0 Å². The van der Waals surface area contributed by atoms with Gasteiger partial charge < -0.3 is 10.5 Å². The quantitative estimate of drug-likeness (QED) is 0.782. The molecule has 3 aromatic rings. The summed E-state index contributed by atoms with van der Waals surface area (Å²) in [5.41, 5.74) is 10.7. The van der Waals surface area contributed by atoms with E-state index in [0.717, 1.165) is 28.1 Å². The molecule has 2 aromatic carbocycles. The Balaban J connectivity index is 1.74. The van der Waals surface area contributed by atoms with Crippen molar-refractivity contribution in [3.63, 3.8) is 0 Å². The number of aryl methyl sites for hydroxylation is 1. The van der Waals surface area contributed by atoms with Crippen molar-refractivity contribution in [3.05, 3.63) is 78.1 Å². The highest BCUT2D eigenvalue weighted by atomic mass is 16.5. The number of nitrogens with two attached hydrogens (primary N) is 1. The van der Waals surface area contributed by atoms with E-state index in [1.54, 1.807) is 6.20 Å². The van der Waals surface area contributed by atoms with E-state index in [-0.39, 0.29) is 0 Å². The standard InChI is InChI=1S/C19H18N2O/c1-14-19(11-17(20)12-21-14)16-7-9-18(10-8-16)22-13-15-5-3-2-4-6-15/h2-12H,13,20H2,1H3. The number of hydrogen-bond acceptors (Lipinski definition) is 3. The molecule has 0 radical (unpaired) electrons. The maximum absolute atomic E-state index is 5.82. The summed E-state index contributed by atoms with van der Waals surface area (Å²) in [5, 5.41) is 0. The number of anilines is 1. The van der Waals surface area contributed by atoms with Gasteiger partial charge in [-0.15, -0.1) is 0 Å². The zero-order chi connectivity index (χ0) is 15.4. The fourth-order valence-corrected chi connectivity index (χ4v) is 2.31. The molecule has 22 heavy (non-hydrogen) atoms. The Bertz CT molecular complexity index is 752. The first-order valence-electron chi connectivity index (χ1n) is 7.21. The van der Waals surface area contributed by atoms with Crippen LogP contribution in [0.25, 0.3) is 11.1 Å². The first kappa shape index (κ1) is 14.1. The topological polar surface area (TPSA) is 48.1 Å². The van der Waals surface area contributed by atoms with E-state index in [4.69, 9.17) is 10.5 Å². The molecule has 3 nitrogen and oxygen atoms in total. The minimum atomic E-state index is 0.569. The van der Waals surface area contributed by atoms with E-state index in [9.17, 15) is 0 Å². The second-order valence-electron chi connectivity index (χ2n) is 5.20. The van der Waals surface area contributed by atoms with Gasteiger partial charge in [0, 0.05) is 11.3 Å². The summed E-state index contributed by atoms with van der Waals surface area (Å²) < 4.78 is 5.80. The van der Waals surface area contributed by atoms with Crippen LogP contribution in [-0.2, 0) is 6.61 Å². The Morgan fingerprint density at radius 2 is 1.73 bits per heavy atom. The van der Waals surface area contributed by atoms with Crippen molar-refractivity contribution < 1.29 is 4.74 Å². The summed E-state index contributed by atoms with van der Waals surface area (Å²) in [6.45, 7) is 2.55. The number of rotatable bonds is 4. The summed E-state index contributed by atoms with van der Waals surface area (Å²) in [6.07, 6.45) is 1.68.